The number of nitrogens with zero attached hydrogens (tertiary/aromatic N) is 3. The van der Waals surface area contributed by atoms with E-state index in [-0.39, 0.29) is 90.0 Å². The van der Waals surface area contributed by atoms with Crippen LogP contribution in [0.5, 0.6) is 11.5 Å². The Kier molecular flexibility index (Phi) is 19.2. The number of carbonyl (C=O) groups is 2. The molecular formula is C33H42Cl3N9O6. The molecule has 0 saturated heterocycles. The first kappa shape index (κ1) is 44.3. The van der Waals surface area contributed by atoms with Gasteiger partial charge in [0.05, 0.1) is 41.2 Å². The van der Waals surface area contributed by atoms with Gasteiger partial charge in [-0.25, -0.2) is 4.98 Å². The summed E-state index contributed by atoms with van der Waals surface area (Å²) in [5.41, 5.74) is 13.1. The van der Waals surface area contributed by atoms with Gasteiger partial charge in [-0.3, -0.25) is 9.59 Å². The van der Waals surface area contributed by atoms with Gasteiger partial charge in [-0.1, -0.05) is 18.2 Å². The minimum absolute atomic E-state index is 0. The lowest BCUT2D eigenvalue weighted by atomic mass is 9.81. The van der Waals surface area contributed by atoms with Crippen molar-refractivity contribution < 1.29 is 30.0 Å². The van der Waals surface area contributed by atoms with Crippen molar-refractivity contribution in [1.29, 1.82) is 0 Å². The molecule has 12 N–H and O–H groups in total. The Morgan fingerprint density at radius 2 is 1.08 bits per heavy atom. The van der Waals surface area contributed by atoms with Crippen molar-refractivity contribution in [2.24, 2.45) is 10.2 Å². The summed E-state index contributed by atoms with van der Waals surface area (Å²) in [5, 5.41) is 58.6. The summed E-state index contributed by atoms with van der Waals surface area (Å²) in [6.45, 7) is 2.81. The van der Waals surface area contributed by atoms with Crippen LogP contribution in [0, 0.1) is 0 Å². The van der Waals surface area contributed by atoms with Crippen molar-refractivity contribution in [3.05, 3.63) is 89.0 Å². The standard InChI is InChI=1S/C22H28N4O6.C11H11N5.3ClH/c27-11-9-23-5-7-25-13-1-2-14(26-8-6-24-10-12-28)18-17(13)21(31)19-15(29)3-4-16(30)20(19)22(18)32;12-10-7-6-9(11(13)14-10)16-15-8-4-2-1-3-5-8;;;/h1-4,23-30H,5-12H2;1-7H,(H4,12,13,14);3*1H. The van der Waals surface area contributed by atoms with Crippen LogP contribution in [0.2, 0.25) is 0 Å². The number of halogens is 3. The van der Waals surface area contributed by atoms with Gasteiger partial charge in [-0.05, 0) is 48.5 Å². The number of hydrogen-bond acceptors (Lipinski definition) is 15. The number of benzene rings is 3. The van der Waals surface area contributed by atoms with Crippen LogP contribution in [-0.4, -0.2) is 89.5 Å². The number of aromatic hydroxyl groups is 2. The van der Waals surface area contributed by atoms with Crippen molar-refractivity contribution in [3.8, 4) is 11.5 Å². The summed E-state index contributed by atoms with van der Waals surface area (Å²) >= 11 is 0. The molecule has 0 fully saturated rings. The Hall–Kier alpha value is -4.74. The van der Waals surface area contributed by atoms with Gasteiger partial charge in [0.2, 0.25) is 11.6 Å². The molecule has 1 aliphatic carbocycles. The average molecular weight is 767 g/mol. The number of aliphatic hydroxyl groups is 2. The molecule has 5 rings (SSSR count). The summed E-state index contributed by atoms with van der Waals surface area (Å²) in [6.07, 6.45) is 0. The lowest BCUT2D eigenvalue weighted by Crippen LogP contribution is -2.28. The third-order valence-corrected chi connectivity index (χ3v) is 7.04. The van der Waals surface area contributed by atoms with E-state index in [1.54, 1.807) is 24.3 Å². The maximum Gasteiger partial charge on any atom is 0.200 e. The van der Waals surface area contributed by atoms with E-state index in [2.05, 4.69) is 36.5 Å². The highest BCUT2D eigenvalue weighted by Crippen LogP contribution is 2.42. The molecule has 1 aromatic heterocycles. The van der Waals surface area contributed by atoms with E-state index in [9.17, 15) is 19.8 Å². The number of rotatable bonds is 14. The quantitative estimate of drug-likeness (QED) is 0.0439. The van der Waals surface area contributed by atoms with E-state index in [0.29, 0.717) is 62.1 Å². The molecule has 0 radical (unpaired) electrons. The number of ketones is 2. The Morgan fingerprint density at radius 1 is 0.588 bits per heavy atom. The predicted molar refractivity (Wildman–Crippen MR) is 205 cm³/mol. The number of nitrogen functional groups attached to an aromatic ring is 2. The van der Waals surface area contributed by atoms with Gasteiger partial charge in [-0.2, -0.15) is 5.11 Å². The van der Waals surface area contributed by atoms with Gasteiger partial charge in [0.25, 0.3) is 0 Å². The summed E-state index contributed by atoms with van der Waals surface area (Å²) in [6, 6.07) is 18.5. The summed E-state index contributed by atoms with van der Waals surface area (Å²) in [4.78, 5) is 30.6. The van der Waals surface area contributed by atoms with Crippen LogP contribution in [0.25, 0.3) is 0 Å². The number of nitrogens with one attached hydrogen (secondary N) is 4. The molecule has 0 unspecified atom stereocenters. The van der Waals surface area contributed by atoms with Crippen LogP contribution < -0.4 is 32.7 Å². The molecule has 4 aromatic rings. The van der Waals surface area contributed by atoms with E-state index in [1.807, 2.05) is 30.3 Å². The molecule has 0 spiro atoms. The molecule has 15 nitrogen and oxygen atoms in total. The molecule has 0 saturated carbocycles. The maximum atomic E-state index is 13.4. The molecule has 1 aliphatic rings. The summed E-state index contributed by atoms with van der Waals surface area (Å²) in [5.74, 6) is -1.21. The molecular weight excluding hydrogens is 725 g/mol. The summed E-state index contributed by atoms with van der Waals surface area (Å²) < 4.78 is 0. The zero-order valence-electron chi connectivity index (χ0n) is 27.3. The van der Waals surface area contributed by atoms with Gasteiger partial charge in [0.15, 0.2) is 5.82 Å². The number of pyridine rings is 1. The predicted octanol–water partition coefficient (Wildman–Crippen LogP) is 3.79. The van der Waals surface area contributed by atoms with E-state index >= 15 is 0 Å². The van der Waals surface area contributed by atoms with Crippen molar-refractivity contribution in [1.82, 2.24) is 15.6 Å². The lowest BCUT2D eigenvalue weighted by molar-refractivity contribution is 0.0975. The molecule has 276 valence electrons. The second-order valence-electron chi connectivity index (χ2n) is 10.4. The van der Waals surface area contributed by atoms with Crippen molar-refractivity contribution in [2.45, 2.75) is 0 Å². The van der Waals surface area contributed by atoms with Gasteiger partial charge in [0.1, 0.15) is 23.0 Å². The minimum Gasteiger partial charge on any atom is -0.507 e. The number of anilines is 4. The zero-order valence-corrected chi connectivity index (χ0v) is 29.8. The van der Waals surface area contributed by atoms with E-state index < -0.39 is 11.6 Å². The molecule has 0 atom stereocenters. The summed E-state index contributed by atoms with van der Waals surface area (Å²) in [7, 11) is 0. The van der Waals surface area contributed by atoms with E-state index in [4.69, 9.17) is 21.7 Å². The fourth-order valence-electron chi connectivity index (χ4n) is 4.81. The first-order valence-corrected chi connectivity index (χ1v) is 15.2. The van der Waals surface area contributed by atoms with Crippen LogP contribution in [0.4, 0.5) is 34.4 Å². The minimum atomic E-state index is -0.559. The highest BCUT2D eigenvalue weighted by atomic mass is 35.5. The van der Waals surface area contributed by atoms with Crippen molar-refractivity contribution in [2.75, 3.05) is 74.6 Å². The van der Waals surface area contributed by atoms with Crippen LogP contribution in [0.1, 0.15) is 31.8 Å². The second kappa shape index (κ2) is 22.2. The van der Waals surface area contributed by atoms with Gasteiger partial charge in [0, 0.05) is 50.6 Å². The van der Waals surface area contributed by atoms with Crippen molar-refractivity contribution >= 4 is 83.2 Å². The molecule has 0 bridgehead atoms. The fraction of sp³-hybridized carbons (Fsp3) is 0.242. The maximum absolute atomic E-state index is 13.4. The highest BCUT2D eigenvalue weighted by Gasteiger charge is 2.37. The van der Waals surface area contributed by atoms with Gasteiger partial charge in [-0.15, -0.1) is 42.3 Å². The number of aromatic nitrogens is 1. The number of fused-ring (bicyclic) bond motifs is 2. The van der Waals surface area contributed by atoms with Gasteiger partial charge < -0.3 is 53.2 Å². The molecule has 51 heavy (non-hydrogen) atoms. The van der Waals surface area contributed by atoms with Gasteiger partial charge >= 0.3 is 0 Å². The van der Waals surface area contributed by atoms with Crippen molar-refractivity contribution in [3.63, 3.8) is 0 Å². The molecule has 1 heterocycles. The van der Waals surface area contributed by atoms with E-state index in [0.717, 1.165) is 5.69 Å². The number of aliphatic hydroxyl groups excluding tert-OH is 2. The Bertz CT molecular complexity index is 1690. The SMILES string of the molecule is Cl.Cl.Cl.Nc1ccc(N=Nc2ccccc2)c(N)n1.O=C1c2c(O)ccc(O)c2C(=O)c2c(NCCNCCO)ccc(NCCNCCO)c21. The Labute approximate surface area is 313 Å². The largest absolute Gasteiger partial charge is 0.507 e. The number of phenols is 2. The van der Waals surface area contributed by atoms with Crippen LogP contribution in [-0.2, 0) is 0 Å². The third kappa shape index (κ3) is 11.7. The van der Waals surface area contributed by atoms with Crippen LogP contribution in [0.15, 0.2) is 77.0 Å². The Morgan fingerprint density at radius 3 is 1.53 bits per heavy atom. The number of hydrogen-bond donors (Lipinski definition) is 10. The van der Waals surface area contributed by atoms with Crippen LogP contribution >= 0.6 is 37.2 Å². The molecule has 3 aromatic carbocycles. The number of azo groups is 1. The highest BCUT2D eigenvalue weighted by molar-refractivity contribution is 6.33. The zero-order chi connectivity index (χ0) is 34.5. The third-order valence-electron chi connectivity index (χ3n) is 7.04. The molecule has 18 heteroatoms. The lowest BCUT2D eigenvalue weighted by Gasteiger charge is -2.25. The number of carbonyl (C=O) groups excluding carboxylic acids is 2. The number of nitrogens with two attached hydrogens (primary N) is 2. The number of phenolic OH excluding ortho intramolecular Hbond substituents is 2. The van der Waals surface area contributed by atoms with E-state index in [1.165, 1.54) is 12.1 Å². The second-order valence-corrected chi connectivity index (χ2v) is 10.4. The Balaban J connectivity index is 0.000000580. The first-order chi connectivity index (χ1) is 23.3. The fourth-order valence-corrected chi connectivity index (χ4v) is 4.81. The molecule has 0 aliphatic heterocycles. The first-order valence-electron chi connectivity index (χ1n) is 15.2. The smallest absolute Gasteiger partial charge is 0.200 e. The average Bonchev–Trinajstić information content (AvgIpc) is 3.08. The topological polar surface area (TPSA) is 253 Å². The normalized spacial score (nSPS) is 11.2. The monoisotopic (exact) mass is 765 g/mol. The van der Waals surface area contributed by atoms with Crippen LogP contribution in [0.3, 0.4) is 0 Å². The molecule has 0 amide bonds.